The van der Waals surface area contributed by atoms with Gasteiger partial charge >= 0.3 is 0 Å². The molecular formula is C18H19N3O2. The van der Waals surface area contributed by atoms with Crippen molar-refractivity contribution in [2.45, 2.75) is 19.9 Å². The number of H-pyrrole nitrogens is 1. The van der Waals surface area contributed by atoms with Gasteiger partial charge in [0, 0.05) is 0 Å². The van der Waals surface area contributed by atoms with Crippen LogP contribution in [0.15, 0.2) is 48.5 Å². The van der Waals surface area contributed by atoms with Crippen molar-refractivity contribution in [3.8, 4) is 5.75 Å². The lowest BCUT2D eigenvalue weighted by Gasteiger charge is -2.12. The van der Waals surface area contributed by atoms with Crippen LogP contribution in [0.4, 0.5) is 0 Å². The van der Waals surface area contributed by atoms with Gasteiger partial charge in [0.2, 0.25) is 0 Å². The van der Waals surface area contributed by atoms with Gasteiger partial charge in [-0.15, -0.1) is 0 Å². The third-order valence-electron chi connectivity index (χ3n) is 3.55. The highest BCUT2D eigenvalue weighted by Crippen LogP contribution is 2.16. The van der Waals surface area contributed by atoms with Crippen molar-refractivity contribution in [3.63, 3.8) is 0 Å². The molecule has 1 atom stereocenters. The predicted molar refractivity (Wildman–Crippen MR) is 89.3 cm³/mol. The van der Waals surface area contributed by atoms with Gasteiger partial charge in [0.05, 0.1) is 17.1 Å². The molecule has 1 aromatic heterocycles. The molecule has 0 aliphatic carbocycles. The van der Waals surface area contributed by atoms with Crippen molar-refractivity contribution in [3.05, 3.63) is 59.9 Å². The summed E-state index contributed by atoms with van der Waals surface area (Å²) in [6.07, 6.45) is 0. The number of nitrogens with zero attached hydrogens (tertiary/aromatic N) is 1. The van der Waals surface area contributed by atoms with Crippen LogP contribution in [0.25, 0.3) is 11.0 Å². The zero-order chi connectivity index (χ0) is 16.2. The van der Waals surface area contributed by atoms with Gasteiger partial charge in [-0.25, -0.2) is 4.98 Å². The Kier molecular flexibility index (Phi) is 4.28. The maximum Gasteiger partial charge on any atom is 0.258 e. The number of carbonyl (C=O) groups is 1. The number of amides is 1. The zero-order valence-corrected chi connectivity index (χ0v) is 13.2. The van der Waals surface area contributed by atoms with Crippen LogP contribution in [0, 0.1) is 6.92 Å². The minimum Gasteiger partial charge on any atom is -0.484 e. The normalized spacial score (nSPS) is 12.1. The van der Waals surface area contributed by atoms with Crippen LogP contribution in [0.5, 0.6) is 5.75 Å². The van der Waals surface area contributed by atoms with Gasteiger partial charge in [-0.3, -0.25) is 4.79 Å². The first kappa shape index (κ1) is 15.1. The summed E-state index contributed by atoms with van der Waals surface area (Å²) in [5, 5.41) is 2.88. The van der Waals surface area contributed by atoms with E-state index in [0.717, 1.165) is 22.4 Å². The molecule has 23 heavy (non-hydrogen) atoms. The number of nitrogens with one attached hydrogen (secondary N) is 2. The van der Waals surface area contributed by atoms with Gasteiger partial charge in [-0.2, -0.15) is 0 Å². The Hall–Kier alpha value is -2.82. The fraction of sp³-hybridized carbons (Fsp3) is 0.222. The maximum atomic E-state index is 12.0. The van der Waals surface area contributed by atoms with Gasteiger partial charge in [0.15, 0.2) is 6.61 Å². The molecule has 1 amide bonds. The average Bonchev–Trinajstić information content (AvgIpc) is 2.97. The number of rotatable bonds is 5. The van der Waals surface area contributed by atoms with E-state index < -0.39 is 0 Å². The molecule has 0 aliphatic rings. The molecule has 1 heterocycles. The number of hydrogen-bond acceptors (Lipinski definition) is 3. The number of aryl methyl sites for hydroxylation is 1. The number of aromatic nitrogens is 2. The Balaban J connectivity index is 1.58. The smallest absolute Gasteiger partial charge is 0.258 e. The van der Waals surface area contributed by atoms with E-state index in [1.807, 2.05) is 62.4 Å². The van der Waals surface area contributed by atoms with E-state index >= 15 is 0 Å². The molecular weight excluding hydrogens is 290 g/mol. The van der Waals surface area contributed by atoms with Gasteiger partial charge in [-0.05, 0) is 43.7 Å². The van der Waals surface area contributed by atoms with E-state index in [4.69, 9.17) is 4.74 Å². The van der Waals surface area contributed by atoms with Crippen LogP contribution in [0.2, 0.25) is 0 Å². The lowest BCUT2D eigenvalue weighted by Crippen LogP contribution is -2.31. The van der Waals surface area contributed by atoms with E-state index in [2.05, 4.69) is 15.3 Å². The fourth-order valence-electron chi connectivity index (χ4n) is 2.38. The predicted octanol–water partition coefficient (Wildman–Crippen LogP) is 3.13. The molecule has 5 nitrogen and oxygen atoms in total. The quantitative estimate of drug-likeness (QED) is 0.761. The van der Waals surface area contributed by atoms with Crippen molar-refractivity contribution in [2.75, 3.05) is 6.61 Å². The van der Waals surface area contributed by atoms with E-state index in [0.29, 0.717) is 5.75 Å². The number of aromatic amines is 1. The van der Waals surface area contributed by atoms with Gasteiger partial charge in [-0.1, -0.05) is 24.3 Å². The summed E-state index contributed by atoms with van der Waals surface area (Å²) in [4.78, 5) is 19.7. The summed E-state index contributed by atoms with van der Waals surface area (Å²) in [5.74, 6) is 1.24. The summed E-state index contributed by atoms with van der Waals surface area (Å²) in [7, 11) is 0. The van der Waals surface area contributed by atoms with E-state index in [1.165, 1.54) is 0 Å². The van der Waals surface area contributed by atoms with Gasteiger partial charge in [0.25, 0.3) is 5.91 Å². The number of fused-ring (bicyclic) bond motifs is 1. The lowest BCUT2D eigenvalue weighted by atomic mass is 10.2. The summed E-state index contributed by atoms with van der Waals surface area (Å²) < 4.78 is 5.50. The highest BCUT2D eigenvalue weighted by molar-refractivity contribution is 5.78. The molecule has 5 heteroatoms. The van der Waals surface area contributed by atoms with E-state index in [1.54, 1.807) is 0 Å². The average molecular weight is 309 g/mol. The standard InChI is InChI=1S/C18H19N3O2/c1-12-6-5-7-14(10-12)23-11-17(22)19-13(2)18-20-15-8-3-4-9-16(15)21-18/h3-10,13H,11H2,1-2H3,(H,19,22)(H,20,21). The Morgan fingerprint density at radius 3 is 2.87 bits per heavy atom. The van der Waals surface area contributed by atoms with E-state index in [9.17, 15) is 4.79 Å². The highest BCUT2D eigenvalue weighted by Gasteiger charge is 2.13. The lowest BCUT2D eigenvalue weighted by molar-refractivity contribution is -0.123. The molecule has 3 aromatic rings. The Morgan fingerprint density at radius 2 is 2.09 bits per heavy atom. The summed E-state index contributed by atoms with van der Waals surface area (Å²) in [6, 6.07) is 15.2. The van der Waals surface area contributed by atoms with Crippen molar-refractivity contribution < 1.29 is 9.53 Å². The summed E-state index contributed by atoms with van der Waals surface area (Å²) in [5.41, 5.74) is 2.94. The van der Waals surface area contributed by atoms with Crippen LogP contribution in [0.3, 0.4) is 0 Å². The van der Waals surface area contributed by atoms with Crippen LogP contribution < -0.4 is 10.1 Å². The Bertz CT molecular complexity index is 793. The number of ether oxygens (including phenoxy) is 1. The molecule has 3 rings (SSSR count). The van der Waals surface area contributed by atoms with Crippen LogP contribution in [-0.4, -0.2) is 22.5 Å². The monoisotopic (exact) mass is 309 g/mol. The second kappa shape index (κ2) is 6.52. The molecule has 2 N–H and O–H groups in total. The highest BCUT2D eigenvalue weighted by atomic mass is 16.5. The van der Waals surface area contributed by atoms with E-state index in [-0.39, 0.29) is 18.6 Å². The number of carbonyl (C=O) groups excluding carboxylic acids is 1. The second-order valence-electron chi connectivity index (χ2n) is 5.53. The topological polar surface area (TPSA) is 67.0 Å². The third-order valence-corrected chi connectivity index (χ3v) is 3.55. The molecule has 0 fully saturated rings. The van der Waals surface area contributed by atoms with Crippen LogP contribution in [0.1, 0.15) is 24.4 Å². The SMILES string of the molecule is Cc1cccc(OCC(=O)NC(C)c2nc3ccccc3[nH]2)c1. The Morgan fingerprint density at radius 1 is 1.26 bits per heavy atom. The molecule has 0 saturated heterocycles. The molecule has 1 unspecified atom stereocenters. The summed E-state index contributed by atoms with van der Waals surface area (Å²) in [6.45, 7) is 3.85. The zero-order valence-electron chi connectivity index (χ0n) is 13.2. The van der Waals surface area contributed by atoms with Crippen molar-refractivity contribution >= 4 is 16.9 Å². The maximum absolute atomic E-state index is 12.0. The third kappa shape index (κ3) is 3.69. The largest absolute Gasteiger partial charge is 0.484 e. The first-order chi connectivity index (χ1) is 11.1. The first-order valence-corrected chi connectivity index (χ1v) is 7.55. The van der Waals surface area contributed by atoms with Crippen molar-refractivity contribution in [2.24, 2.45) is 0 Å². The van der Waals surface area contributed by atoms with Crippen LogP contribution >= 0.6 is 0 Å². The number of hydrogen-bond donors (Lipinski definition) is 2. The molecule has 0 bridgehead atoms. The number of imidazole rings is 1. The van der Waals surface area contributed by atoms with Gasteiger partial charge < -0.3 is 15.0 Å². The molecule has 0 spiro atoms. The minimum atomic E-state index is -0.212. The summed E-state index contributed by atoms with van der Waals surface area (Å²) >= 11 is 0. The minimum absolute atomic E-state index is 0.0198. The molecule has 118 valence electrons. The molecule has 0 saturated carbocycles. The number of benzene rings is 2. The molecule has 0 aliphatic heterocycles. The van der Waals surface area contributed by atoms with Gasteiger partial charge in [0.1, 0.15) is 11.6 Å². The Labute approximate surface area is 134 Å². The first-order valence-electron chi connectivity index (χ1n) is 7.55. The van der Waals surface area contributed by atoms with Crippen LogP contribution in [-0.2, 0) is 4.79 Å². The fourth-order valence-corrected chi connectivity index (χ4v) is 2.38. The van der Waals surface area contributed by atoms with Crippen molar-refractivity contribution in [1.29, 1.82) is 0 Å². The van der Waals surface area contributed by atoms with Crippen molar-refractivity contribution in [1.82, 2.24) is 15.3 Å². The molecule has 0 radical (unpaired) electrons. The number of para-hydroxylation sites is 2. The molecule has 2 aromatic carbocycles. The second-order valence-corrected chi connectivity index (χ2v) is 5.53.